The van der Waals surface area contributed by atoms with Crippen molar-refractivity contribution in [3.63, 3.8) is 0 Å². The Balaban J connectivity index is 0.000000284. The van der Waals surface area contributed by atoms with Crippen LogP contribution in [0.3, 0.4) is 0 Å². The number of hydrogen-bond donors (Lipinski definition) is 0. The van der Waals surface area contributed by atoms with Crippen LogP contribution in [0.1, 0.15) is 0 Å². The fourth-order valence-corrected chi connectivity index (χ4v) is 1.02. The van der Waals surface area contributed by atoms with Crippen molar-refractivity contribution in [1.29, 1.82) is 0 Å². The Hall–Kier alpha value is -0.856. The maximum Gasteiger partial charge on any atom is 0.0743 e. The molecule has 0 aliphatic rings. The molecule has 0 amide bonds. The fourth-order valence-electron chi connectivity index (χ4n) is 1.02. The maximum absolute atomic E-state index is 4.89. The van der Waals surface area contributed by atoms with Crippen molar-refractivity contribution < 1.29 is 42.2 Å². The third-order valence-electron chi connectivity index (χ3n) is 1.85. The molecular weight excluding hydrogens is 289 g/mol. The molecule has 0 unspecified atom stereocenters. The van der Waals surface area contributed by atoms with Gasteiger partial charge in [-0.25, -0.2) is 0 Å². The summed E-state index contributed by atoms with van der Waals surface area (Å²) in [6.07, 6.45) is 0. The molecule has 2 rings (SSSR count). The van der Waals surface area contributed by atoms with Crippen LogP contribution >= 0.6 is 0 Å². The Morgan fingerprint density at radius 3 is 1.18 bits per heavy atom. The summed E-state index contributed by atoms with van der Waals surface area (Å²) >= 11 is 0. The Kier molecular flexibility index (Phi) is 9.79. The molecule has 0 fully saturated rings. The molecule has 0 aliphatic heterocycles. The minimum absolute atomic E-state index is 0. The van der Waals surface area contributed by atoms with Crippen molar-refractivity contribution >= 4 is 0 Å². The minimum Gasteiger partial charge on any atom is -0.522 e. The molecule has 0 aromatic heterocycles. The Morgan fingerprint density at radius 2 is 1.00 bits per heavy atom. The van der Waals surface area contributed by atoms with Crippen molar-refractivity contribution in [1.82, 2.24) is 0 Å². The normalized spacial score (nSPS) is 8.12. The van der Waals surface area contributed by atoms with Crippen molar-refractivity contribution in [2.75, 3.05) is 14.2 Å². The van der Waals surface area contributed by atoms with E-state index in [1.54, 1.807) is 14.2 Å². The fraction of sp³-hybridized carbons (Fsp3) is 0.143. The topological polar surface area (TPSA) is 18.5 Å². The molecule has 0 saturated carbocycles. The Morgan fingerprint density at radius 1 is 0.706 bits per heavy atom. The van der Waals surface area contributed by atoms with E-state index in [1.165, 1.54) is 0 Å². The first-order chi connectivity index (χ1) is 7.86. The molecule has 0 bridgehead atoms. The SMILES string of the molecule is COc1cc[c-]cc1.COc1cc[c-]cc1.[Y]. The average molecular weight is 303 g/mol. The first-order valence-electron chi connectivity index (χ1n) is 4.87. The molecule has 87 valence electrons. The van der Waals surface area contributed by atoms with E-state index in [0.717, 1.165) is 11.5 Å². The second kappa shape index (κ2) is 10.3. The van der Waals surface area contributed by atoms with Crippen LogP contribution in [-0.2, 0) is 32.7 Å². The summed E-state index contributed by atoms with van der Waals surface area (Å²) in [4.78, 5) is 0. The van der Waals surface area contributed by atoms with Gasteiger partial charge < -0.3 is 9.47 Å². The molecular formula is C14H14O2Y-2. The van der Waals surface area contributed by atoms with Gasteiger partial charge in [0.15, 0.2) is 0 Å². The third kappa shape index (κ3) is 7.14. The van der Waals surface area contributed by atoms with Crippen LogP contribution in [0.5, 0.6) is 11.5 Å². The quantitative estimate of drug-likeness (QED) is 0.794. The van der Waals surface area contributed by atoms with Gasteiger partial charge in [0.25, 0.3) is 0 Å². The number of benzene rings is 2. The molecule has 0 spiro atoms. The summed E-state index contributed by atoms with van der Waals surface area (Å²) in [5, 5.41) is 0. The number of rotatable bonds is 2. The Labute approximate surface area is 128 Å². The van der Waals surface area contributed by atoms with E-state index >= 15 is 0 Å². The molecule has 0 aliphatic carbocycles. The van der Waals surface area contributed by atoms with E-state index in [1.807, 2.05) is 48.5 Å². The van der Waals surface area contributed by atoms with Crippen LogP contribution in [0.15, 0.2) is 48.5 Å². The van der Waals surface area contributed by atoms with Gasteiger partial charge in [-0.2, -0.15) is 36.4 Å². The molecule has 0 N–H and O–H groups in total. The van der Waals surface area contributed by atoms with Crippen LogP contribution in [-0.4, -0.2) is 14.2 Å². The Bertz CT molecular complexity index is 336. The monoisotopic (exact) mass is 303 g/mol. The second-order valence-corrected chi connectivity index (χ2v) is 2.88. The van der Waals surface area contributed by atoms with Gasteiger partial charge in [0, 0.05) is 44.2 Å². The van der Waals surface area contributed by atoms with Crippen LogP contribution in [0.2, 0.25) is 0 Å². The summed E-state index contributed by atoms with van der Waals surface area (Å²) in [5.74, 6) is 1.76. The smallest absolute Gasteiger partial charge is 0.0743 e. The zero-order valence-corrected chi connectivity index (χ0v) is 12.9. The second-order valence-electron chi connectivity index (χ2n) is 2.88. The summed E-state index contributed by atoms with van der Waals surface area (Å²) in [5.41, 5.74) is 0. The van der Waals surface area contributed by atoms with E-state index in [0.29, 0.717) is 0 Å². The molecule has 2 aromatic carbocycles. The molecule has 0 saturated heterocycles. The molecule has 2 nitrogen and oxygen atoms in total. The van der Waals surface area contributed by atoms with Gasteiger partial charge in [0.2, 0.25) is 0 Å². The van der Waals surface area contributed by atoms with Gasteiger partial charge in [0.05, 0.1) is 14.2 Å². The predicted octanol–water partition coefficient (Wildman–Crippen LogP) is 2.99. The summed E-state index contributed by atoms with van der Waals surface area (Å²) in [6.45, 7) is 0. The van der Waals surface area contributed by atoms with E-state index in [2.05, 4.69) is 12.1 Å². The predicted molar refractivity (Wildman–Crippen MR) is 63.7 cm³/mol. The third-order valence-corrected chi connectivity index (χ3v) is 1.85. The molecule has 0 heterocycles. The number of hydrogen-bond acceptors (Lipinski definition) is 2. The van der Waals surface area contributed by atoms with Crippen molar-refractivity contribution in [3.05, 3.63) is 60.7 Å². The van der Waals surface area contributed by atoms with E-state index in [9.17, 15) is 0 Å². The summed E-state index contributed by atoms with van der Waals surface area (Å²) in [7, 11) is 3.30. The molecule has 1 radical (unpaired) electrons. The summed E-state index contributed by atoms with van der Waals surface area (Å²) in [6, 6.07) is 20.5. The zero-order chi connectivity index (χ0) is 11.6. The standard InChI is InChI=1S/2C7H7O.Y/c2*1-8-7-5-3-2-4-6-7;/h2*3-6H,1H3;/q2*-1;. The van der Waals surface area contributed by atoms with E-state index in [-0.39, 0.29) is 32.7 Å². The molecule has 17 heavy (non-hydrogen) atoms. The van der Waals surface area contributed by atoms with Gasteiger partial charge in [0.1, 0.15) is 0 Å². The van der Waals surface area contributed by atoms with Crippen molar-refractivity contribution in [3.8, 4) is 11.5 Å². The largest absolute Gasteiger partial charge is 0.522 e. The van der Waals surface area contributed by atoms with Gasteiger partial charge >= 0.3 is 0 Å². The van der Waals surface area contributed by atoms with E-state index in [4.69, 9.17) is 9.47 Å². The van der Waals surface area contributed by atoms with Crippen LogP contribution in [0.4, 0.5) is 0 Å². The molecule has 2 aromatic rings. The number of ether oxygens (including phenoxy) is 2. The zero-order valence-electron chi connectivity index (χ0n) is 10.0. The summed E-state index contributed by atoms with van der Waals surface area (Å²) < 4.78 is 9.79. The van der Waals surface area contributed by atoms with Crippen LogP contribution < -0.4 is 9.47 Å². The average Bonchev–Trinajstić information content (AvgIpc) is 2.41. The molecule has 0 atom stereocenters. The van der Waals surface area contributed by atoms with Crippen molar-refractivity contribution in [2.45, 2.75) is 0 Å². The first-order valence-corrected chi connectivity index (χ1v) is 4.87. The minimum atomic E-state index is 0. The van der Waals surface area contributed by atoms with E-state index < -0.39 is 0 Å². The van der Waals surface area contributed by atoms with Crippen molar-refractivity contribution in [2.24, 2.45) is 0 Å². The van der Waals surface area contributed by atoms with Gasteiger partial charge in [-0.3, -0.25) is 0 Å². The van der Waals surface area contributed by atoms with Gasteiger partial charge in [-0.15, -0.1) is 24.3 Å². The molecule has 3 heteroatoms. The van der Waals surface area contributed by atoms with Crippen LogP contribution in [0.25, 0.3) is 0 Å². The number of methoxy groups -OCH3 is 2. The van der Waals surface area contributed by atoms with Crippen LogP contribution in [0, 0.1) is 12.1 Å². The maximum atomic E-state index is 4.89. The van der Waals surface area contributed by atoms with Gasteiger partial charge in [-0.05, 0) is 0 Å². The van der Waals surface area contributed by atoms with Gasteiger partial charge in [-0.1, -0.05) is 0 Å². The first kappa shape index (κ1) is 16.1.